The summed E-state index contributed by atoms with van der Waals surface area (Å²) in [6.45, 7) is 19.0. The second-order valence-electron chi connectivity index (χ2n) is 24.0. The van der Waals surface area contributed by atoms with E-state index in [1.54, 1.807) is 76.2 Å². The molecule has 0 unspecified atom stereocenters. The maximum Gasteiger partial charge on any atom is 0.407 e. The quantitative estimate of drug-likeness (QED) is 0.111. The van der Waals surface area contributed by atoms with Crippen LogP contribution in [0.25, 0.3) is 0 Å². The molecule has 0 aromatic rings. The Kier molecular flexibility index (Phi) is 18.7. The van der Waals surface area contributed by atoms with Crippen molar-refractivity contribution in [2.45, 2.75) is 266 Å². The van der Waals surface area contributed by atoms with Gasteiger partial charge in [-0.3, -0.25) is 19.2 Å². The third-order valence-electron chi connectivity index (χ3n) is 14.8. The monoisotopic (exact) mass is 1130 g/mol. The van der Waals surface area contributed by atoms with Crippen molar-refractivity contribution in [3.63, 3.8) is 0 Å². The minimum Gasteiger partial charge on any atom is -0.469 e. The van der Waals surface area contributed by atoms with Crippen LogP contribution in [0, 0.1) is 0 Å². The van der Waals surface area contributed by atoms with E-state index in [1.807, 2.05) is 0 Å². The van der Waals surface area contributed by atoms with E-state index >= 15 is 0 Å². The zero-order valence-electron chi connectivity index (χ0n) is 48.2. The van der Waals surface area contributed by atoms with Gasteiger partial charge in [-0.05, 0) is 89.0 Å². The van der Waals surface area contributed by atoms with Crippen LogP contribution in [0.15, 0.2) is 0 Å². The summed E-state index contributed by atoms with van der Waals surface area (Å²) in [5, 5.41) is 11.8. The number of methoxy groups -OCH3 is 5. The summed E-state index contributed by atoms with van der Waals surface area (Å²) >= 11 is 0. The van der Waals surface area contributed by atoms with Gasteiger partial charge in [0.25, 0.3) is 0 Å². The van der Waals surface area contributed by atoms with Gasteiger partial charge in [-0.2, -0.15) is 0 Å². The van der Waals surface area contributed by atoms with Crippen LogP contribution in [0.1, 0.15) is 115 Å². The minimum absolute atomic E-state index is 0.00753. The zero-order chi connectivity index (χ0) is 57.7. The van der Waals surface area contributed by atoms with Crippen LogP contribution in [0.2, 0.25) is 0 Å². The van der Waals surface area contributed by atoms with Crippen molar-refractivity contribution in [2.75, 3.05) is 35.5 Å². The van der Waals surface area contributed by atoms with Gasteiger partial charge in [-0.1, -0.05) is 0 Å². The normalized spacial score (nSPS) is 37.7. The van der Waals surface area contributed by atoms with Crippen molar-refractivity contribution < 1.29 is 109 Å². The Morgan fingerprint density at radius 2 is 0.785 bits per heavy atom. The molecule has 8 aliphatic rings. The van der Waals surface area contributed by atoms with Crippen LogP contribution < -0.4 is 21.3 Å². The highest BCUT2D eigenvalue weighted by Crippen LogP contribution is 2.44. The summed E-state index contributed by atoms with van der Waals surface area (Å²) in [5.74, 6) is -6.35. The number of ether oxygens (including phenoxy) is 18. The summed E-state index contributed by atoms with van der Waals surface area (Å²) in [5.41, 5.74) is -0.897. The molecule has 27 nitrogen and oxygen atoms in total. The molecule has 0 radical (unpaired) electrons. The lowest BCUT2D eigenvalue weighted by molar-refractivity contribution is -0.220. The number of hydrogen-bond acceptors (Lipinski definition) is 23. The third-order valence-corrected chi connectivity index (χ3v) is 14.8. The van der Waals surface area contributed by atoms with Gasteiger partial charge in [-0.15, -0.1) is 0 Å². The Labute approximate surface area is 460 Å². The van der Waals surface area contributed by atoms with E-state index in [2.05, 4.69) is 21.3 Å². The Bertz CT molecular complexity index is 2180. The molecule has 4 amide bonds. The molecule has 0 aromatic carbocycles. The maximum atomic E-state index is 14.8. The first-order chi connectivity index (χ1) is 36.9. The Hall–Kier alpha value is -3.49. The first kappa shape index (κ1) is 61.6. The average molecular weight is 1130 g/mol. The zero-order valence-corrected chi connectivity index (χ0v) is 48.2. The smallest absolute Gasteiger partial charge is 0.407 e. The molecular formula is C52H84N4O23. The number of nitrogens with one attached hydrogen (secondary N) is 4. The molecular weight excluding hydrogens is 1050 g/mol. The van der Waals surface area contributed by atoms with Crippen LogP contribution >= 0.6 is 0 Å². The molecule has 8 saturated heterocycles. The predicted molar refractivity (Wildman–Crippen MR) is 267 cm³/mol. The van der Waals surface area contributed by atoms with Crippen molar-refractivity contribution in [1.29, 1.82) is 0 Å². The van der Waals surface area contributed by atoms with Gasteiger partial charge < -0.3 is 107 Å². The fraction of sp³-hybridized carbons (Fsp3) is 0.904. The SMILES string of the molecule is COC(=O)C[C@@H](C[C@H]1O[C@@H]2OC(C)(C)O[C@@H]2[C@H]1OC)NC(=O)C[C@@H](NC(=O)C[C@@H](C[C@H]1O[C@@H]2OC(C)(C)O[C@@H]2[C@H]1OC)NC(=O)C[C@@H](NC(=O)OC(C)(C)C)[C@H]1O[C@@H]2OC(C)(C)O[C@@H]2[C@H]1OC)[C@H]1O[C@@H]2OC(C)(C)O[C@@H]2[C@H]1OC. The highest BCUT2D eigenvalue weighted by Gasteiger charge is 2.61. The van der Waals surface area contributed by atoms with Crippen molar-refractivity contribution in [2.24, 2.45) is 0 Å². The average Bonchev–Trinajstić information content (AvgIpc) is 4.20. The standard InChI is InChI=1S/C52H84N4O23/c1-48(2,3)79-47(61)56-26(34-38(66-16)42-46(70-34)78-52(10,11)74-42)22-31(59)53-23(17-27-35(63-13)39-43(67-27)75-49(4,5)71-39)19-29(57)55-25(33-37(65-15)41-45(69-33)77-51(8,9)73-41)21-30(58)54-24(20-32(60)62-12)18-28-36(64-14)40-44(68-28)76-50(6,7)72-40/h23-28,33-46H,17-22H2,1-16H3,(H,53,59)(H,54,58)(H,55,57)(H,56,61)/t23-,24-,25-,26-,27-,28-,33-,34-,35+,36+,37+,38+,39-,40-,41-,42-,43-,44-,45-,46-/m1/s1. The third kappa shape index (κ3) is 14.7. The Morgan fingerprint density at radius 1 is 0.443 bits per heavy atom. The van der Waals surface area contributed by atoms with Gasteiger partial charge in [0.05, 0.1) is 37.8 Å². The van der Waals surface area contributed by atoms with Crippen LogP contribution in [-0.2, 0) is 104 Å². The molecule has 8 heterocycles. The maximum absolute atomic E-state index is 14.8. The molecule has 0 bridgehead atoms. The largest absolute Gasteiger partial charge is 0.469 e. The molecule has 8 rings (SSSR count). The van der Waals surface area contributed by atoms with Crippen molar-refractivity contribution in [3.8, 4) is 0 Å². The van der Waals surface area contributed by atoms with Gasteiger partial charge in [0, 0.05) is 59.8 Å². The van der Waals surface area contributed by atoms with E-state index in [9.17, 15) is 24.0 Å². The molecule has 0 aliphatic carbocycles. The van der Waals surface area contributed by atoms with Crippen molar-refractivity contribution in [3.05, 3.63) is 0 Å². The second-order valence-corrected chi connectivity index (χ2v) is 24.0. The number of fused-ring (bicyclic) bond motifs is 4. The van der Waals surface area contributed by atoms with Crippen LogP contribution in [0.4, 0.5) is 4.79 Å². The second kappa shape index (κ2) is 24.0. The Balaban J connectivity index is 1.03. The molecule has 4 N–H and O–H groups in total. The van der Waals surface area contributed by atoms with Gasteiger partial charge in [-0.25, -0.2) is 4.79 Å². The van der Waals surface area contributed by atoms with Gasteiger partial charge in [0.2, 0.25) is 17.7 Å². The van der Waals surface area contributed by atoms with E-state index in [1.165, 1.54) is 35.5 Å². The van der Waals surface area contributed by atoms with Crippen LogP contribution in [0.5, 0.6) is 0 Å². The molecule has 0 spiro atoms. The lowest BCUT2D eigenvalue weighted by Gasteiger charge is -2.33. The van der Waals surface area contributed by atoms with Gasteiger partial charge in [0.15, 0.2) is 48.3 Å². The molecule has 20 atom stereocenters. The predicted octanol–water partition coefficient (Wildman–Crippen LogP) is 1.41. The highest BCUT2D eigenvalue weighted by atomic mass is 16.9. The number of esters is 1. The van der Waals surface area contributed by atoms with Gasteiger partial charge in [0.1, 0.15) is 66.6 Å². The fourth-order valence-corrected chi connectivity index (χ4v) is 11.9. The lowest BCUT2D eigenvalue weighted by Crippen LogP contribution is -2.55. The summed E-state index contributed by atoms with van der Waals surface area (Å²) in [7, 11) is 7.16. The summed E-state index contributed by atoms with van der Waals surface area (Å²) in [4.78, 5) is 70.1. The van der Waals surface area contributed by atoms with Crippen molar-refractivity contribution >= 4 is 29.8 Å². The molecule has 27 heteroatoms. The summed E-state index contributed by atoms with van der Waals surface area (Å²) < 4.78 is 108. The topological polar surface area (TPSA) is 300 Å². The fourth-order valence-electron chi connectivity index (χ4n) is 11.9. The molecule has 8 fully saturated rings. The van der Waals surface area contributed by atoms with E-state index in [4.69, 9.17) is 85.3 Å². The minimum atomic E-state index is -1.13. The van der Waals surface area contributed by atoms with E-state index in [-0.39, 0.29) is 19.3 Å². The first-order valence-corrected chi connectivity index (χ1v) is 27.0. The summed E-state index contributed by atoms with van der Waals surface area (Å²) in [6, 6.07) is -4.07. The number of rotatable bonds is 22. The molecule has 79 heavy (non-hydrogen) atoms. The molecule has 0 saturated carbocycles. The van der Waals surface area contributed by atoms with Gasteiger partial charge >= 0.3 is 12.1 Å². The van der Waals surface area contributed by atoms with Crippen LogP contribution in [-0.4, -0.2) is 217 Å². The van der Waals surface area contributed by atoms with E-state index in [0.29, 0.717) is 0 Å². The number of carbonyl (C=O) groups is 5. The number of amides is 4. The number of alkyl carbamates (subject to hydrolysis) is 1. The Morgan fingerprint density at radius 3 is 1.15 bits per heavy atom. The first-order valence-electron chi connectivity index (χ1n) is 27.0. The summed E-state index contributed by atoms with van der Waals surface area (Å²) in [6.07, 6.45) is -14.6. The molecule has 0 aromatic heterocycles. The van der Waals surface area contributed by atoms with E-state index in [0.717, 1.165) is 0 Å². The molecule has 450 valence electrons. The lowest BCUT2D eigenvalue weighted by atomic mass is 9.96. The van der Waals surface area contributed by atoms with E-state index < -0.39 is 200 Å². The van der Waals surface area contributed by atoms with Crippen LogP contribution in [0.3, 0.4) is 0 Å². The number of carbonyl (C=O) groups excluding carboxylic acids is 5. The number of hydrogen-bond donors (Lipinski definition) is 4. The van der Waals surface area contributed by atoms with Crippen molar-refractivity contribution in [1.82, 2.24) is 21.3 Å². The highest BCUT2D eigenvalue weighted by molar-refractivity contribution is 5.82. The molecule has 8 aliphatic heterocycles.